The molecule has 0 aromatic carbocycles. The normalized spacial score (nSPS) is 14.5. The highest BCUT2D eigenvalue weighted by molar-refractivity contribution is 5.76. The molecule has 1 aromatic rings. The number of aromatic nitrogens is 1. The summed E-state index contributed by atoms with van der Waals surface area (Å²) in [6.07, 6.45) is 2.75. The molecule has 0 atom stereocenters. The van der Waals surface area contributed by atoms with Gasteiger partial charge in [-0.1, -0.05) is 0 Å². The molecule has 8 nitrogen and oxygen atoms in total. The van der Waals surface area contributed by atoms with Crippen LogP contribution in [-0.2, 0) is 11.3 Å². The van der Waals surface area contributed by atoms with E-state index in [1.165, 1.54) is 0 Å². The van der Waals surface area contributed by atoms with Gasteiger partial charge in [0, 0.05) is 32.4 Å². The number of urea groups is 1. The van der Waals surface area contributed by atoms with E-state index in [0.29, 0.717) is 38.4 Å². The topological polar surface area (TPSA) is 101 Å². The molecule has 0 bridgehead atoms. The number of carbonyl (C=O) groups is 2. The zero-order chi connectivity index (χ0) is 17.7. The fourth-order valence-electron chi connectivity index (χ4n) is 2.31. The van der Waals surface area contributed by atoms with Gasteiger partial charge in [0.2, 0.25) is 0 Å². The lowest BCUT2D eigenvalue weighted by Crippen LogP contribution is -2.42. The van der Waals surface area contributed by atoms with Crippen LogP contribution in [0.5, 0.6) is 0 Å². The van der Waals surface area contributed by atoms with E-state index in [0.717, 1.165) is 5.56 Å². The van der Waals surface area contributed by atoms with Gasteiger partial charge in [-0.25, -0.2) is 9.59 Å². The molecule has 24 heavy (non-hydrogen) atoms. The Balaban J connectivity index is 2.07. The second-order valence-electron chi connectivity index (χ2n) is 6.70. The number of carbonyl (C=O) groups excluding carboxylic acids is 2. The number of ether oxygens (including phenoxy) is 1. The summed E-state index contributed by atoms with van der Waals surface area (Å²) in [5, 5.41) is 2.74. The molecule has 1 fully saturated rings. The Morgan fingerprint density at radius 1 is 1.50 bits per heavy atom. The smallest absolute Gasteiger partial charge is 0.410 e. The van der Waals surface area contributed by atoms with Crippen LogP contribution in [0.3, 0.4) is 0 Å². The van der Waals surface area contributed by atoms with Crippen molar-refractivity contribution in [1.82, 2.24) is 20.1 Å². The maximum Gasteiger partial charge on any atom is 0.410 e. The van der Waals surface area contributed by atoms with Gasteiger partial charge in [0.05, 0.1) is 18.4 Å². The lowest BCUT2D eigenvalue weighted by molar-refractivity contribution is 0.0223. The third kappa shape index (κ3) is 5.00. The lowest BCUT2D eigenvalue weighted by atomic mass is 10.2. The highest BCUT2D eigenvalue weighted by atomic mass is 16.6. The quantitative estimate of drug-likeness (QED) is 0.847. The van der Waals surface area contributed by atoms with E-state index >= 15 is 0 Å². The summed E-state index contributed by atoms with van der Waals surface area (Å²) >= 11 is 0. The van der Waals surface area contributed by atoms with E-state index in [9.17, 15) is 9.59 Å². The van der Waals surface area contributed by atoms with Gasteiger partial charge in [-0.15, -0.1) is 0 Å². The average molecular weight is 335 g/mol. The third-order valence-electron chi connectivity index (χ3n) is 3.54. The summed E-state index contributed by atoms with van der Waals surface area (Å²) in [5.74, 6) is 0. The van der Waals surface area contributed by atoms with Crippen LogP contribution in [0.15, 0.2) is 18.5 Å². The maximum absolute atomic E-state index is 12.5. The fraction of sp³-hybridized carbons (Fsp3) is 0.562. The third-order valence-corrected chi connectivity index (χ3v) is 3.54. The molecule has 3 N–H and O–H groups in total. The van der Waals surface area contributed by atoms with Crippen molar-refractivity contribution in [1.29, 1.82) is 0 Å². The van der Waals surface area contributed by atoms with Gasteiger partial charge >= 0.3 is 12.1 Å². The zero-order valence-corrected chi connectivity index (χ0v) is 14.4. The molecule has 2 heterocycles. The Labute approximate surface area is 142 Å². The minimum atomic E-state index is -0.593. The van der Waals surface area contributed by atoms with E-state index in [-0.39, 0.29) is 6.03 Å². The van der Waals surface area contributed by atoms with Gasteiger partial charge < -0.3 is 25.6 Å². The number of nitrogens with zero attached hydrogens (tertiary/aromatic N) is 3. The van der Waals surface area contributed by atoms with Gasteiger partial charge in [-0.2, -0.15) is 0 Å². The molecule has 0 aliphatic carbocycles. The van der Waals surface area contributed by atoms with Crippen molar-refractivity contribution in [2.75, 3.05) is 31.9 Å². The van der Waals surface area contributed by atoms with E-state index in [1.54, 1.807) is 28.3 Å². The summed E-state index contributed by atoms with van der Waals surface area (Å²) in [6, 6.07) is 1.66. The van der Waals surface area contributed by atoms with Crippen molar-refractivity contribution in [2.45, 2.75) is 32.9 Å². The van der Waals surface area contributed by atoms with Crippen LogP contribution >= 0.6 is 0 Å². The Hall–Kier alpha value is -2.51. The van der Waals surface area contributed by atoms with Crippen LogP contribution in [0, 0.1) is 0 Å². The van der Waals surface area contributed by atoms with E-state index in [2.05, 4.69) is 10.3 Å². The van der Waals surface area contributed by atoms with E-state index < -0.39 is 11.7 Å². The maximum atomic E-state index is 12.5. The van der Waals surface area contributed by atoms with Crippen LogP contribution < -0.4 is 11.1 Å². The highest BCUT2D eigenvalue weighted by Gasteiger charge is 2.25. The first kappa shape index (κ1) is 17.8. The van der Waals surface area contributed by atoms with E-state index in [1.807, 2.05) is 20.8 Å². The molecule has 0 saturated carbocycles. The number of rotatable bonds is 5. The van der Waals surface area contributed by atoms with Crippen molar-refractivity contribution in [3.63, 3.8) is 0 Å². The number of nitrogens with one attached hydrogen (secondary N) is 1. The molecule has 0 unspecified atom stereocenters. The zero-order valence-electron chi connectivity index (χ0n) is 14.4. The molecule has 0 radical (unpaired) electrons. The lowest BCUT2D eigenvalue weighted by Gasteiger charge is -2.29. The van der Waals surface area contributed by atoms with Gasteiger partial charge in [0.1, 0.15) is 5.60 Å². The number of nitrogen functional groups attached to an aromatic ring is 1. The number of hydrogen-bond donors (Lipinski definition) is 2. The molecule has 3 amide bonds. The molecule has 1 aliphatic rings. The molecule has 1 saturated heterocycles. The molecule has 8 heteroatoms. The first-order valence-electron chi connectivity index (χ1n) is 7.95. The number of nitrogens with two attached hydrogens (primary N) is 1. The van der Waals surface area contributed by atoms with Crippen LogP contribution in [0.4, 0.5) is 15.3 Å². The van der Waals surface area contributed by atoms with Gasteiger partial charge in [-0.05, 0) is 32.4 Å². The van der Waals surface area contributed by atoms with Crippen LogP contribution in [0.1, 0.15) is 26.3 Å². The molecule has 0 spiro atoms. The van der Waals surface area contributed by atoms with Crippen LogP contribution in [0.25, 0.3) is 0 Å². The Morgan fingerprint density at radius 2 is 2.25 bits per heavy atom. The molecule has 1 aromatic heterocycles. The Morgan fingerprint density at radius 3 is 2.83 bits per heavy atom. The van der Waals surface area contributed by atoms with Crippen molar-refractivity contribution >= 4 is 17.8 Å². The van der Waals surface area contributed by atoms with Gasteiger partial charge in [-0.3, -0.25) is 4.98 Å². The van der Waals surface area contributed by atoms with E-state index in [4.69, 9.17) is 10.5 Å². The van der Waals surface area contributed by atoms with Gasteiger partial charge in [0.15, 0.2) is 0 Å². The van der Waals surface area contributed by atoms with Crippen molar-refractivity contribution in [3.8, 4) is 0 Å². The molecule has 1 aliphatic heterocycles. The fourth-order valence-corrected chi connectivity index (χ4v) is 2.31. The van der Waals surface area contributed by atoms with Gasteiger partial charge in [0.25, 0.3) is 0 Å². The summed E-state index contributed by atoms with van der Waals surface area (Å²) < 4.78 is 5.47. The summed E-state index contributed by atoms with van der Waals surface area (Å²) in [4.78, 5) is 31.3. The highest BCUT2D eigenvalue weighted by Crippen LogP contribution is 2.16. The largest absolute Gasteiger partial charge is 0.444 e. The first-order chi connectivity index (χ1) is 11.3. The Bertz CT molecular complexity index is 600. The standard InChI is InChI=1S/C16H25N5O3/c1-16(2,3)24-15(23)21(9-8-20-7-6-19-14(20)22)11-12-4-5-18-10-13(12)17/h4-5,10H,6-9,11,17H2,1-3H3,(H,19,22). The Kier molecular flexibility index (Phi) is 5.48. The summed E-state index contributed by atoms with van der Waals surface area (Å²) in [5.41, 5.74) is 6.64. The summed E-state index contributed by atoms with van der Waals surface area (Å²) in [7, 11) is 0. The number of hydrogen-bond acceptors (Lipinski definition) is 5. The predicted molar refractivity (Wildman–Crippen MR) is 90.3 cm³/mol. The van der Waals surface area contributed by atoms with Crippen molar-refractivity contribution in [2.24, 2.45) is 0 Å². The monoisotopic (exact) mass is 335 g/mol. The predicted octanol–water partition coefficient (Wildman–Crippen LogP) is 1.43. The number of pyridine rings is 1. The minimum absolute atomic E-state index is 0.109. The molecular formula is C16H25N5O3. The number of anilines is 1. The minimum Gasteiger partial charge on any atom is -0.444 e. The molecule has 132 valence electrons. The van der Waals surface area contributed by atoms with Crippen molar-refractivity contribution < 1.29 is 14.3 Å². The van der Waals surface area contributed by atoms with Crippen molar-refractivity contribution in [3.05, 3.63) is 24.0 Å². The average Bonchev–Trinajstić information content (AvgIpc) is 2.88. The van der Waals surface area contributed by atoms with Crippen LogP contribution in [0.2, 0.25) is 0 Å². The summed E-state index contributed by atoms with van der Waals surface area (Å²) in [6.45, 7) is 7.83. The molecular weight excluding hydrogens is 310 g/mol. The first-order valence-corrected chi connectivity index (χ1v) is 7.95. The molecule has 2 rings (SSSR count). The number of amides is 3. The second kappa shape index (κ2) is 7.37. The van der Waals surface area contributed by atoms with Crippen LogP contribution in [-0.4, -0.2) is 58.7 Å². The second-order valence-corrected chi connectivity index (χ2v) is 6.70. The SMILES string of the molecule is CC(C)(C)OC(=O)N(CCN1CCNC1=O)Cc1ccncc1N.